The highest BCUT2D eigenvalue weighted by atomic mass is 16.6. The van der Waals surface area contributed by atoms with Crippen LogP contribution in [-0.2, 0) is 97.8 Å². The first-order valence-corrected chi connectivity index (χ1v) is 39.6. The summed E-state index contributed by atoms with van der Waals surface area (Å²) in [6, 6.07) is 27.2. The van der Waals surface area contributed by atoms with Gasteiger partial charge in [-0.05, 0) is 179 Å². The standard InChI is InChI=1S/3C17H23NO6.C14H28O2.C13H18O2.C10H20O2/c3*1-4-17(2,3)15(21)23-10-9-18-16(22)24-11-12-5-7-13(8-6-12)14(19)20;1-6-9-10-12(7-2)11-16-13(15)14(4,5)8-3;1-4-13(2,3)12(14)15-10-11-8-6-5-7-9-11;1-5-7-8-12-9(11)10(3,4)6-2/h3*5-8H,4,9-11H2,1-3H3,(H,18,22)(H,19,20);12H,6-11H2,1-5H3;5-9H,4,10H2,1-3H3;5-8H2,1-4H3/p-3. The van der Waals surface area contributed by atoms with Gasteiger partial charge in [-0.25, -0.2) is 14.4 Å². The molecule has 4 aromatic rings. The highest BCUT2D eigenvalue weighted by molar-refractivity contribution is 5.87. The molecule has 0 radical (unpaired) electrons. The number of carboxylic acids is 3. The topological polar surface area (TPSA) is 393 Å². The molecule has 0 aromatic heterocycles. The summed E-state index contributed by atoms with van der Waals surface area (Å²) in [7, 11) is 0. The van der Waals surface area contributed by atoms with E-state index >= 15 is 0 Å². The fourth-order valence-electron chi connectivity index (χ4n) is 7.86. The summed E-state index contributed by atoms with van der Waals surface area (Å²) in [5.74, 6) is -4.44. The lowest BCUT2D eigenvalue weighted by atomic mass is 9.90. The number of amides is 3. The Balaban J connectivity index is 0. The second-order valence-electron chi connectivity index (χ2n) is 30.9. The highest BCUT2D eigenvalue weighted by Crippen LogP contribution is 2.27. The Kier molecular flexibility index (Phi) is 53.1. The van der Waals surface area contributed by atoms with E-state index in [9.17, 15) is 72.9 Å². The van der Waals surface area contributed by atoms with Crippen molar-refractivity contribution in [3.05, 3.63) is 142 Å². The molecule has 0 fully saturated rings. The Labute approximate surface area is 682 Å². The molecule has 27 nitrogen and oxygen atoms in total. The maximum atomic E-state index is 11.8. The zero-order valence-corrected chi connectivity index (χ0v) is 72.2. The number of alkyl carbamates (subject to hydrolysis) is 3. The minimum Gasteiger partial charge on any atom is -0.545 e. The average molecular weight is 1620 g/mol. The lowest BCUT2D eigenvalue weighted by molar-refractivity contribution is -0.256. The van der Waals surface area contributed by atoms with Gasteiger partial charge in [-0.3, -0.25) is 28.8 Å². The normalized spacial score (nSPS) is 11.3. The van der Waals surface area contributed by atoms with Crippen LogP contribution in [0, 0.1) is 38.4 Å². The van der Waals surface area contributed by atoms with Crippen LogP contribution in [0.3, 0.4) is 0 Å². The van der Waals surface area contributed by atoms with Crippen molar-refractivity contribution in [3.8, 4) is 0 Å². The van der Waals surface area contributed by atoms with E-state index in [0.29, 0.717) is 61.7 Å². The van der Waals surface area contributed by atoms with Crippen molar-refractivity contribution in [1.82, 2.24) is 16.0 Å². The molecule has 4 rings (SSSR count). The number of nitrogens with one attached hydrogen (secondary N) is 3. The van der Waals surface area contributed by atoms with Gasteiger partial charge >= 0.3 is 54.1 Å². The quantitative estimate of drug-likeness (QED) is 0.0211. The third kappa shape index (κ3) is 47.4. The first-order valence-electron chi connectivity index (χ1n) is 39.6. The minimum atomic E-state index is -1.26. The maximum Gasteiger partial charge on any atom is 0.407 e. The molecule has 115 heavy (non-hydrogen) atoms. The van der Waals surface area contributed by atoms with Crippen LogP contribution in [-0.4, -0.2) is 125 Å². The highest BCUT2D eigenvalue weighted by Gasteiger charge is 2.31. The molecule has 0 bridgehead atoms. The summed E-state index contributed by atoms with van der Waals surface area (Å²) >= 11 is 0. The second-order valence-corrected chi connectivity index (χ2v) is 30.9. The van der Waals surface area contributed by atoms with E-state index in [1.807, 2.05) is 113 Å². The van der Waals surface area contributed by atoms with Gasteiger partial charge in [-0.1, -0.05) is 191 Å². The molecule has 0 spiro atoms. The fraction of sp³-hybridized carbons (Fsp3) is 0.591. The van der Waals surface area contributed by atoms with Crippen LogP contribution in [0.1, 0.15) is 276 Å². The van der Waals surface area contributed by atoms with Crippen molar-refractivity contribution in [3.63, 3.8) is 0 Å². The molecule has 3 N–H and O–H groups in total. The molecule has 0 aliphatic heterocycles. The van der Waals surface area contributed by atoms with Gasteiger partial charge in [-0.2, -0.15) is 0 Å². The van der Waals surface area contributed by atoms with Crippen LogP contribution >= 0.6 is 0 Å². The number of hydrogen-bond acceptors (Lipinski definition) is 24. The van der Waals surface area contributed by atoms with Crippen molar-refractivity contribution in [2.75, 3.05) is 52.7 Å². The molecule has 0 saturated heterocycles. The Bertz CT molecular complexity index is 3280. The zero-order chi connectivity index (χ0) is 88.0. The first kappa shape index (κ1) is 107. The Morgan fingerprint density at radius 1 is 0.304 bits per heavy atom. The molecule has 1 unspecified atom stereocenters. The third-order valence-electron chi connectivity index (χ3n) is 19.0. The van der Waals surface area contributed by atoms with Crippen LogP contribution in [0.2, 0.25) is 0 Å². The maximum absolute atomic E-state index is 11.8. The Hall–Kier alpha value is -10.1. The van der Waals surface area contributed by atoms with Crippen LogP contribution in [0.5, 0.6) is 0 Å². The van der Waals surface area contributed by atoms with Gasteiger partial charge in [0.05, 0.1) is 83.2 Å². The number of ether oxygens (including phenoxy) is 9. The van der Waals surface area contributed by atoms with Gasteiger partial charge in [0.2, 0.25) is 0 Å². The molecule has 0 saturated carbocycles. The predicted molar refractivity (Wildman–Crippen MR) is 431 cm³/mol. The number of benzene rings is 4. The summed E-state index contributed by atoms with van der Waals surface area (Å²) in [6.45, 7) is 42.6. The largest absolute Gasteiger partial charge is 0.545 e. The summed E-state index contributed by atoms with van der Waals surface area (Å²) < 4.78 is 45.9. The Morgan fingerprint density at radius 2 is 0.548 bits per heavy atom. The molecule has 3 amide bonds. The van der Waals surface area contributed by atoms with Gasteiger partial charge in [0, 0.05) is 0 Å². The summed E-state index contributed by atoms with van der Waals surface area (Å²) in [4.78, 5) is 136. The van der Waals surface area contributed by atoms with E-state index in [1.54, 1.807) is 41.5 Å². The predicted octanol–water partition coefficient (Wildman–Crippen LogP) is 13.9. The molecule has 4 aromatic carbocycles. The number of rotatable bonds is 41. The molecule has 646 valence electrons. The Morgan fingerprint density at radius 3 is 0.800 bits per heavy atom. The molecule has 1 atom stereocenters. The van der Waals surface area contributed by atoms with Crippen LogP contribution < -0.4 is 31.3 Å². The molecular weight excluding hydrogens is 1480 g/mol. The van der Waals surface area contributed by atoms with Gasteiger partial charge in [-0.15, -0.1) is 0 Å². The van der Waals surface area contributed by atoms with Crippen molar-refractivity contribution < 1.29 is 115 Å². The van der Waals surface area contributed by atoms with E-state index in [4.69, 9.17) is 42.6 Å². The number of carboxylic acid groups (broad SMARTS) is 3. The number of carbonyl (C=O) groups is 12. The van der Waals surface area contributed by atoms with Crippen LogP contribution in [0.15, 0.2) is 103 Å². The first-order chi connectivity index (χ1) is 53.8. The van der Waals surface area contributed by atoms with Crippen molar-refractivity contribution in [1.29, 1.82) is 0 Å². The van der Waals surface area contributed by atoms with Crippen molar-refractivity contribution in [2.45, 2.75) is 249 Å². The monoisotopic (exact) mass is 1610 g/mol. The fourth-order valence-corrected chi connectivity index (χ4v) is 7.86. The van der Waals surface area contributed by atoms with Crippen LogP contribution in [0.4, 0.5) is 14.4 Å². The zero-order valence-electron chi connectivity index (χ0n) is 72.2. The van der Waals surface area contributed by atoms with Gasteiger partial charge < -0.3 is 88.3 Å². The van der Waals surface area contributed by atoms with Gasteiger partial charge in [0.1, 0.15) is 46.2 Å². The van der Waals surface area contributed by atoms with E-state index in [-0.39, 0.29) is 128 Å². The van der Waals surface area contributed by atoms with Gasteiger partial charge in [0.15, 0.2) is 0 Å². The van der Waals surface area contributed by atoms with Crippen molar-refractivity contribution in [2.24, 2.45) is 38.4 Å². The second kappa shape index (κ2) is 57.0. The summed E-state index contributed by atoms with van der Waals surface area (Å²) in [5.41, 5.74) is 0.474. The number of carbonyl (C=O) groups excluding carboxylic acids is 12. The molecule has 0 aliphatic rings. The van der Waals surface area contributed by atoms with E-state index in [1.165, 1.54) is 92.1 Å². The number of unbranched alkanes of at least 4 members (excludes halogenated alkanes) is 2. The number of aromatic carboxylic acids is 3. The van der Waals surface area contributed by atoms with Crippen molar-refractivity contribution >= 4 is 72.0 Å². The number of hydrogen-bond donors (Lipinski definition) is 3. The average Bonchev–Trinajstić information content (AvgIpc) is 0.919. The SMILES string of the molecule is CCC(C)(C)C(=O)OCCNC(=O)OCc1ccc(C(=O)[O-])cc1.CCC(C)(C)C(=O)OCCNC(=O)OCc1ccc(C(=O)[O-])cc1.CCC(C)(C)C(=O)OCCNC(=O)OCc1ccc(C(=O)[O-])cc1.CCC(C)(C)C(=O)OCc1ccccc1.CCCCC(CC)COC(=O)C(C)(C)CC.CCCCOC(=O)C(C)(C)CC. The smallest absolute Gasteiger partial charge is 0.407 e. The molecule has 27 heteroatoms. The third-order valence-corrected chi connectivity index (χ3v) is 19.0. The van der Waals surface area contributed by atoms with E-state index in [2.05, 4.69) is 36.7 Å². The summed E-state index contributed by atoms with van der Waals surface area (Å²) in [5, 5.41) is 39.2. The van der Waals surface area contributed by atoms with Gasteiger partial charge in [0.25, 0.3) is 0 Å². The van der Waals surface area contributed by atoms with Crippen LogP contribution in [0.25, 0.3) is 0 Å². The molecule has 0 heterocycles. The van der Waals surface area contributed by atoms with E-state index < -0.39 is 52.4 Å². The minimum absolute atomic E-state index is 0.00180. The number of esters is 6. The summed E-state index contributed by atoms with van der Waals surface area (Å²) in [6.07, 6.45) is 9.25. The molecule has 0 aliphatic carbocycles. The molecular formula is C88H132N3O24-3. The lowest BCUT2D eigenvalue weighted by Crippen LogP contribution is -2.31. The van der Waals surface area contributed by atoms with E-state index in [0.717, 1.165) is 44.1 Å². The lowest BCUT2D eigenvalue weighted by Gasteiger charge is -2.22.